The molecule has 1 aliphatic carbocycles. The number of piperidine rings is 1. The number of ether oxygens (including phenoxy) is 1. The van der Waals surface area contributed by atoms with E-state index in [2.05, 4.69) is 48.5 Å². The summed E-state index contributed by atoms with van der Waals surface area (Å²) >= 11 is 0. The van der Waals surface area contributed by atoms with E-state index in [4.69, 9.17) is 4.74 Å². The normalized spacial score (nSPS) is 26.2. The molecule has 0 radical (unpaired) electrons. The van der Waals surface area contributed by atoms with Gasteiger partial charge in [0.15, 0.2) is 0 Å². The average molecular weight is 308 g/mol. The summed E-state index contributed by atoms with van der Waals surface area (Å²) in [5, 5.41) is 0. The topological polar surface area (TPSA) is 13.7 Å². The lowest BCUT2D eigenvalue weighted by Gasteiger charge is -2.42. The fraction of sp³-hybridized carbons (Fsp3) is 0.429. The second-order valence-corrected chi connectivity index (χ2v) is 7.09. The maximum atomic E-state index is 5.61. The van der Waals surface area contributed by atoms with Gasteiger partial charge in [-0.3, -0.25) is 0 Å². The molecule has 1 unspecified atom stereocenters. The predicted molar refractivity (Wildman–Crippen MR) is 92.9 cm³/mol. The maximum absolute atomic E-state index is 5.61. The Kier molecular flexibility index (Phi) is 4.09. The molecule has 2 heteroatoms. The van der Waals surface area contributed by atoms with Crippen LogP contribution in [-0.4, -0.2) is 19.7 Å². The number of methoxy groups -OCH3 is 1. The lowest BCUT2D eigenvalue weighted by molar-refractivity contribution is -0.948. The van der Waals surface area contributed by atoms with Crippen molar-refractivity contribution in [2.24, 2.45) is 5.92 Å². The van der Waals surface area contributed by atoms with Crippen LogP contribution in [0.2, 0.25) is 0 Å². The minimum absolute atomic E-state index is 0.767. The zero-order valence-electron chi connectivity index (χ0n) is 13.9. The number of likely N-dealkylation sites (tertiary alicyclic amines) is 1. The van der Waals surface area contributed by atoms with Crippen LogP contribution >= 0.6 is 0 Å². The third-order valence-electron chi connectivity index (χ3n) is 5.80. The highest BCUT2D eigenvalue weighted by Crippen LogP contribution is 2.34. The minimum Gasteiger partial charge on any atom is -0.496 e. The van der Waals surface area contributed by atoms with Gasteiger partial charge in [0, 0.05) is 17.9 Å². The summed E-state index contributed by atoms with van der Waals surface area (Å²) in [5.74, 6) is 1.90. The van der Waals surface area contributed by atoms with E-state index in [9.17, 15) is 0 Å². The highest BCUT2D eigenvalue weighted by atomic mass is 16.5. The van der Waals surface area contributed by atoms with Crippen LogP contribution in [0.5, 0.6) is 5.75 Å². The van der Waals surface area contributed by atoms with E-state index in [0.717, 1.165) is 17.7 Å². The molecule has 120 valence electrons. The van der Waals surface area contributed by atoms with Crippen LogP contribution in [0.25, 0.3) is 0 Å². The third-order valence-corrected chi connectivity index (χ3v) is 5.80. The van der Waals surface area contributed by atoms with E-state index in [1.165, 1.54) is 55.5 Å². The minimum atomic E-state index is 0.767. The Labute approximate surface area is 139 Å². The zero-order chi connectivity index (χ0) is 15.6. The summed E-state index contributed by atoms with van der Waals surface area (Å²) in [6, 6.07) is 18.3. The Balaban J connectivity index is 1.59. The summed E-state index contributed by atoms with van der Waals surface area (Å²) in [5.41, 5.74) is 4.45. The molecule has 2 nitrogen and oxygen atoms in total. The number of quaternary nitrogens is 1. The predicted octanol–water partition coefficient (Wildman–Crippen LogP) is 2.66. The number of hydrogen-bond donors (Lipinski definition) is 1. The highest BCUT2D eigenvalue weighted by Gasteiger charge is 2.39. The molecule has 4 rings (SSSR count). The van der Waals surface area contributed by atoms with Crippen molar-refractivity contribution in [1.29, 1.82) is 0 Å². The number of fused-ring (bicyclic) bond motifs is 2. The molecule has 3 atom stereocenters. The van der Waals surface area contributed by atoms with Crippen LogP contribution in [0.15, 0.2) is 48.5 Å². The first-order valence-corrected chi connectivity index (χ1v) is 8.88. The molecular weight excluding hydrogens is 282 g/mol. The highest BCUT2D eigenvalue weighted by molar-refractivity contribution is 5.42. The molecule has 0 saturated carbocycles. The summed E-state index contributed by atoms with van der Waals surface area (Å²) < 4.78 is 5.61. The van der Waals surface area contributed by atoms with Gasteiger partial charge in [-0.05, 0) is 36.5 Å². The Morgan fingerprint density at radius 2 is 1.91 bits per heavy atom. The van der Waals surface area contributed by atoms with E-state index in [1.54, 1.807) is 12.0 Å². The smallest absolute Gasteiger partial charge is 0.122 e. The van der Waals surface area contributed by atoms with E-state index in [-0.39, 0.29) is 0 Å². The van der Waals surface area contributed by atoms with E-state index >= 15 is 0 Å². The second kappa shape index (κ2) is 6.37. The van der Waals surface area contributed by atoms with Crippen LogP contribution in [-0.2, 0) is 19.4 Å². The van der Waals surface area contributed by atoms with Crippen molar-refractivity contribution in [2.45, 2.75) is 38.3 Å². The summed E-state index contributed by atoms with van der Waals surface area (Å²) in [6.45, 7) is 2.48. The molecule has 1 N–H and O–H groups in total. The molecule has 0 amide bonds. The number of rotatable bonds is 3. The van der Waals surface area contributed by atoms with Gasteiger partial charge in [-0.2, -0.15) is 0 Å². The van der Waals surface area contributed by atoms with Crippen LogP contribution in [0, 0.1) is 5.92 Å². The molecule has 2 aromatic rings. The van der Waals surface area contributed by atoms with Crippen molar-refractivity contribution in [3.05, 3.63) is 65.2 Å². The van der Waals surface area contributed by atoms with Gasteiger partial charge in [-0.25, -0.2) is 0 Å². The number of benzene rings is 2. The quantitative estimate of drug-likeness (QED) is 0.920. The first-order chi connectivity index (χ1) is 11.3. The number of hydrogen-bond acceptors (Lipinski definition) is 1. The summed E-state index contributed by atoms with van der Waals surface area (Å²) in [6.07, 6.45) is 5.13. The molecule has 23 heavy (non-hydrogen) atoms. The first-order valence-electron chi connectivity index (χ1n) is 8.88. The Morgan fingerprint density at radius 1 is 1.04 bits per heavy atom. The van der Waals surface area contributed by atoms with Crippen molar-refractivity contribution in [1.82, 2.24) is 0 Å². The Morgan fingerprint density at radius 3 is 2.74 bits per heavy atom. The van der Waals surface area contributed by atoms with Gasteiger partial charge in [-0.15, -0.1) is 0 Å². The van der Waals surface area contributed by atoms with Gasteiger partial charge < -0.3 is 9.64 Å². The van der Waals surface area contributed by atoms with Crippen molar-refractivity contribution in [3.8, 4) is 5.75 Å². The standard InChI is InChI=1S/C21H25NO/c1-23-21-11-5-9-17-14-20-18(13-19(17)21)10-6-12-22(20)15-16-7-3-2-4-8-16/h2-5,7-9,11,18,20H,6,10,12-15H2,1H3/p+1/t18-,20-/m0/s1. The molecule has 1 heterocycles. The molecule has 0 aromatic heterocycles. The second-order valence-electron chi connectivity index (χ2n) is 7.09. The Hall–Kier alpha value is -1.80. The van der Waals surface area contributed by atoms with Crippen molar-refractivity contribution in [2.75, 3.05) is 13.7 Å². The lowest BCUT2D eigenvalue weighted by Crippen LogP contribution is -3.16. The van der Waals surface area contributed by atoms with Crippen molar-refractivity contribution in [3.63, 3.8) is 0 Å². The molecule has 1 saturated heterocycles. The zero-order valence-corrected chi connectivity index (χ0v) is 13.9. The molecule has 0 spiro atoms. The van der Waals surface area contributed by atoms with Gasteiger partial charge in [0.05, 0.1) is 19.7 Å². The Bertz CT molecular complexity index is 667. The monoisotopic (exact) mass is 308 g/mol. The van der Waals surface area contributed by atoms with Crippen molar-refractivity contribution >= 4 is 0 Å². The molecular formula is C21H26NO+. The van der Waals surface area contributed by atoms with Crippen LogP contribution < -0.4 is 9.64 Å². The van der Waals surface area contributed by atoms with Gasteiger partial charge in [0.25, 0.3) is 0 Å². The fourth-order valence-corrected chi connectivity index (χ4v) is 4.67. The summed E-state index contributed by atoms with van der Waals surface area (Å²) in [4.78, 5) is 1.78. The van der Waals surface area contributed by atoms with Gasteiger partial charge >= 0.3 is 0 Å². The van der Waals surface area contributed by atoms with Crippen LogP contribution in [0.1, 0.15) is 29.5 Å². The fourth-order valence-electron chi connectivity index (χ4n) is 4.67. The summed E-state index contributed by atoms with van der Waals surface area (Å²) in [7, 11) is 1.80. The number of nitrogens with one attached hydrogen (secondary N) is 1. The molecule has 2 aromatic carbocycles. The average Bonchev–Trinajstić information content (AvgIpc) is 2.61. The van der Waals surface area contributed by atoms with Crippen LogP contribution in [0.3, 0.4) is 0 Å². The van der Waals surface area contributed by atoms with Crippen molar-refractivity contribution < 1.29 is 9.64 Å². The van der Waals surface area contributed by atoms with E-state index in [1.807, 2.05) is 0 Å². The SMILES string of the molecule is COc1cccc2c1C[C@@H]1CCC[NH+](Cc3ccccc3)[C@H]1C2. The van der Waals surface area contributed by atoms with Gasteiger partial charge in [-0.1, -0.05) is 42.5 Å². The van der Waals surface area contributed by atoms with E-state index in [0.29, 0.717) is 0 Å². The van der Waals surface area contributed by atoms with Gasteiger partial charge in [0.2, 0.25) is 0 Å². The maximum Gasteiger partial charge on any atom is 0.122 e. The van der Waals surface area contributed by atoms with Gasteiger partial charge in [0.1, 0.15) is 12.3 Å². The largest absolute Gasteiger partial charge is 0.496 e. The molecule has 0 bridgehead atoms. The molecule has 2 aliphatic rings. The third kappa shape index (κ3) is 2.88. The molecule has 1 fully saturated rings. The van der Waals surface area contributed by atoms with Crippen LogP contribution in [0.4, 0.5) is 0 Å². The first kappa shape index (κ1) is 14.8. The van der Waals surface area contributed by atoms with E-state index < -0.39 is 0 Å². The molecule has 1 aliphatic heterocycles. The lowest BCUT2D eigenvalue weighted by atomic mass is 9.75.